The van der Waals surface area contributed by atoms with Gasteiger partial charge in [-0.1, -0.05) is 12.1 Å². The summed E-state index contributed by atoms with van der Waals surface area (Å²) in [6.07, 6.45) is 2.88. The first-order valence-corrected chi connectivity index (χ1v) is 8.67. The molecule has 0 fully saturated rings. The van der Waals surface area contributed by atoms with E-state index < -0.39 is 0 Å². The highest BCUT2D eigenvalue weighted by molar-refractivity contribution is 5.95. The van der Waals surface area contributed by atoms with Crippen molar-refractivity contribution in [1.82, 2.24) is 20.1 Å². The molecule has 4 aromatic rings. The first-order chi connectivity index (χ1) is 13.6. The summed E-state index contributed by atoms with van der Waals surface area (Å²) in [6.45, 7) is 0.270. The number of carbonyl (C=O) groups excluding carboxylic acids is 1. The van der Waals surface area contributed by atoms with E-state index in [2.05, 4.69) is 20.7 Å². The van der Waals surface area contributed by atoms with E-state index in [0.717, 1.165) is 27.9 Å². The monoisotopic (exact) mass is 377 g/mol. The minimum atomic E-state index is -0.322. The largest absolute Gasteiger partial charge is 0.497 e. The van der Waals surface area contributed by atoms with Crippen LogP contribution >= 0.6 is 0 Å². The number of rotatable bonds is 5. The summed E-state index contributed by atoms with van der Waals surface area (Å²) in [5.74, 6) is 1.37. The summed E-state index contributed by atoms with van der Waals surface area (Å²) >= 11 is 0. The molecule has 2 amide bonds. The van der Waals surface area contributed by atoms with E-state index in [4.69, 9.17) is 9.15 Å². The number of oxazole rings is 1. The number of anilines is 1. The summed E-state index contributed by atoms with van der Waals surface area (Å²) in [6, 6.07) is 13.1. The fraction of sp³-hybridized carbons (Fsp3) is 0.150. The molecule has 8 heteroatoms. The number of aromatic nitrogens is 3. The van der Waals surface area contributed by atoms with Crippen LogP contribution in [0.25, 0.3) is 22.2 Å². The molecule has 0 bridgehead atoms. The Morgan fingerprint density at radius 1 is 1.21 bits per heavy atom. The summed E-state index contributed by atoms with van der Waals surface area (Å²) in [4.78, 5) is 15.8. The standard InChI is InChI=1S/C20H19N5O3/c1-25-18-8-7-15(27-2)9-17(18)19(24-25)13-3-5-14(6-4-13)23-20(26)22-11-16-10-21-12-28-16/h3-10,12H,11H2,1-2H3,(H2,22,23,26). The van der Waals surface area contributed by atoms with Crippen LogP contribution in [0.5, 0.6) is 5.75 Å². The number of urea groups is 1. The SMILES string of the molecule is COc1ccc2c(c1)c(-c1ccc(NC(=O)NCc3cnco3)cc1)nn2C. The molecule has 8 nitrogen and oxygen atoms in total. The number of benzene rings is 2. The molecular weight excluding hydrogens is 358 g/mol. The van der Waals surface area contributed by atoms with Crippen LogP contribution in [0, 0.1) is 0 Å². The third-order valence-corrected chi connectivity index (χ3v) is 4.38. The molecule has 0 unspecified atom stereocenters. The molecular formula is C20H19N5O3. The van der Waals surface area contributed by atoms with Gasteiger partial charge in [-0.3, -0.25) is 4.68 Å². The maximum atomic E-state index is 12.0. The summed E-state index contributed by atoms with van der Waals surface area (Å²) in [5, 5.41) is 11.1. The van der Waals surface area contributed by atoms with Crippen LogP contribution in [0.3, 0.4) is 0 Å². The number of hydrogen-bond acceptors (Lipinski definition) is 5. The Morgan fingerprint density at radius 3 is 2.75 bits per heavy atom. The summed E-state index contributed by atoms with van der Waals surface area (Å²) in [7, 11) is 3.55. The topological polar surface area (TPSA) is 94.2 Å². The lowest BCUT2D eigenvalue weighted by Crippen LogP contribution is -2.27. The van der Waals surface area contributed by atoms with Crippen molar-refractivity contribution in [3.05, 3.63) is 60.8 Å². The second kappa shape index (κ2) is 7.43. The van der Waals surface area contributed by atoms with Crippen molar-refractivity contribution in [2.24, 2.45) is 7.05 Å². The van der Waals surface area contributed by atoms with Gasteiger partial charge in [0.1, 0.15) is 17.2 Å². The lowest BCUT2D eigenvalue weighted by Gasteiger charge is -2.07. The van der Waals surface area contributed by atoms with E-state index in [-0.39, 0.29) is 12.6 Å². The van der Waals surface area contributed by atoms with E-state index in [9.17, 15) is 4.79 Å². The Hall–Kier alpha value is -3.81. The third kappa shape index (κ3) is 3.52. The second-order valence-electron chi connectivity index (χ2n) is 6.21. The molecule has 2 aromatic carbocycles. The highest BCUT2D eigenvalue weighted by Gasteiger charge is 2.12. The smallest absolute Gasteiger partial charge is 0.319 e. The molecule has 28 heavy (non-hydrogen) atoms. The molecule has 4 rings (SSSR count). The van der Waals surface area contributed by atoms with Crippen molar-refractivity contribution < 1.29 is 13.9 Å². The average molecular weight is 377 g/mol. The van der Waals surface area contributed by atoms with Crippen molar-refractivity contribution in [2.45, 2.75) is 6.54 Å². The normalized spacial score (nSPS) is 10.8. The number of aryl methyl sites for hydroxylation is 1. The van der Waals surface area contributed by atoms with Crippen molar-refractivity contribution in [3.63, 3.8) is 0 Å². The van der Waals surface area contributed by atoms with Crippen LogP contribution in [0.15, 0.2) is 59.5 Å². The first kappa shape index (κ1) is 17.6. The molecule has 0 aliphatic heterocycles. The zero-order valence-corrected chi connectivity index (χ0v) is 15.5. The van der Waals surface area contributed by atoms with Crippen LogP contribution in [-0.2, 0) is 13.6 Å². The zero-order valence-electron chi connectivity index (χ0n) is 15.5. The van der Waals surface area contributed by atoms with Gasteiger partial charge in [0.15, 0.2) is 6.39 Å². The number of amides is 2. The summed E-state index contributed by atoms with van der Waals surface area (Å²) < 4.78 is 12.3. The lowest BCUT2D eigenvalue weighted by molar-refractivity contribution is 0.251. The average Bonchev–Trinajstić information content (AvgIpc) is 3.35. The number of fused-ring (bicyclic) bond motifs is 1. The minimum Gasteiger partial charge on any atom is -0.497 e. The lowest BCUT2D eigenvalue weighted by atomic mass is 10.1. The molecule has 142 valence electrons. The van der Waals surface area contributed by atoms with Gasteiger partial charge in [-0.2, -0.15) is 5.10 Å². The molecule has 0 radical (unpaired) electrons. The molecule has 0 saturated heterocycles. The Bertz CT molecular complexity index is 1100. The van der Waals surface area contributed by atoms with Gasteiger partial charge in [0.05, 0.1) is 25.4 Å². The van der Waals surface area contributed by atoms with E-state index in [1.54, 1.807) is 13.3 Å². The number of hydrogen-bond donors (Lipinski definition) is 2. The van der Waals surface area contributed by atoms with Gasteiger partial charge >= 0.3 is 6.03 Å². The highest BCUT2D eigenvalue weighted by atomic mass is 16.5. The van der Waals surface area contributed by atoms with Crippen LogP contribution in [0.1, 0.15) is 5.76 Å². The number of ether oxygens (including phenoxy) is 1. The van der Waals surface area contributed by atoms with Crippen LogP contribution in [-0.4, -0.2) is 27.9 Å². The molecule has 0 atom stereocenters. The van der Waals surface area contributed by atoms with Crippen LogP contribution < -0.4 is 15.4 Å². The molecule has 0 saturated carbocycles. The number of methoxy groups -OCH3 is 1. The Kier molecular flexibility index (Phi) is 4.67. The van der Waals surface area contributed by atoms with E-state index in [1.165, 1.54) is 6.39 Å². The molecule has 2 N–H and O–H groups in total. The molecule has 0 aliphatic rings. The Morgan fingerprint density at radius 2 is 2.04 bits per heavy atom. The predicted molar refractivity (Wildman–Crippen MR) is 105 cm³/mol. The second-order valence-corrected chi connectivity index (χ2v) is 6.21. The van der Waals surface area contributed by atoms with Crippen LogP contribution in [0.2, 0.25) is 0 Å². The Balaban J connectivity index is 1.50. The number of carbonyl (C=O) groups is 1. The van der Waals surface area contributed by atoms with Gasteiger partial charge < -0.3 is 19.8 Å². The van der Waals surface area contributed by atoms with E-state index >= 15 is 0 Å². The third-order valence-electron chi connectivity index (χ3n) is 4.38. The van der Waals surface area contributed by atoms with Crippen LogP contribution in [0.4, 0.5) is 10.5 Å². The molecule has 0 spiro atoms. The Labute approximate surface area is 161 Å². The van der Waals surface area contributed by atoms with Gasteiger partial charge in [0.25, 0.3) is 0 Å². The van der Waals surface area contributed by atoms with Gasteiger partial charge in [-0.25, -0.2) is 9.78 Å². The van der Waals surface area contributed by atoms with Gasteiger partial charge in [0, 0.05) is 23.7 Å². The fourth-order valence-electron chi connectivity index (χ4n) is 2.97. The maximum Gasteiger partial charge on any atom is 0.319 e. The fourth-order valence-corrected chi connectivity index (χ4v) is 2.97. The quantitative estimate of drug-likeness (QED) is 0.555. The molecule has 2 heterocycles. The van der Waals surface area contributed by atoms with E-state index in [1.807, 2.05) is 54.2 Å². The predicted octanol–water partition coefficient (Wildman–Crippen LogP) is 3.56. The van der Waals surface area contributed by atoms with Crippen molar-refractivity contribution in [1.29, 1.82) is 0 Å². The highest BCUT2D eigenvalue weighted by Crippen LogP contribution is 2.31. The summed E-state index contributed by atoms with van der Waals surface area (Å²) in [5.41, 5.74) is 3.51. The number of nitrogens with zero attached hydrogens (tertiary/aromatic N) is 3. The van der Waals surface area contributed by atoms with Crippen molar-refractivity contribution in [3.8, 4) is 17.0 Å². The minimum absolute atomic E-state index is 0.270. The zero-order chi connectivity index (χ0) is 19.5. The van der Waals surface area contributed by atoms with Crippen molar-refractivity contribution in [2.75, 3.05) is 12.4 Å². The van der Waals surface area contributed by atoms with Gasteiger partial charge in [-0.05, 0) is 30.3 Å². The first-order valence-electron chi connectivity index (χ1n) is 8.67. The van der Waals surface area contributed by atoms with Gasteiger partial charge in [-0.15, -0.1) is 0 Å². The number of nitrogens with one attached hydrogen (secondary N) is 2. The van der Waals surface area contributed by atoms with E-state index in [0.29, 0.717) is 11.4 Å². The molecule has 2 aromatic heterocycles. The molecule has 0 aliphatic carbocycles. The van der Waals surface area contributed by atoms with Crippen molar-refractivity contribution >= 4 is 22.6 Å². The maximum absolute atomic E-state index is 12.0. The van der Waals surface area contributed by atoms with Gasteiger partial charge in [0.2, 0.25) is 0 Å².